The van der Waals surface area contributed by atoms with E-state index in [-0.39, 0.29) is 5.75 Å². The molecule has 0 atom stereocenters. The second-order valence-corrected chi connectivity index (χ2v) is 4.24. The summed E-state index contributed by atoms with van der Waals surface area (Å²) in [5.74, 6) is -0.900. The van der Waals surface area contributed by atoms with Crippen LogP contribution in [0.2, 0.25) is 0 Å². The normalized spacial score (nSPS) is 11.4. The number of hydrogen-bond donors (Lipinski definition) is 0. The molecule has 0 fully saturated rings. The Morgan fingerprint density at radius 3 is 2.15 bits per heavy atom. The van der Waals surface area contributed by atoms with Gasteiger partial charge in [-0.3, -0.25) is 0 Å². The zero-order valence-electron chi connectivity index (χ0n) is 10.7. The van der Waals surface area contributed by atoms with Gasteiger partial charge in [0, 0.05) is 0 Å². The van der Waals surface area contributed by atoms with Crippen LogP contribution in [-0.4, -0.2) is 0 Å². The van der Waals surface area contributed by atoms with Crippen molar-refractivity contribution in [3.63, 3.8) is 0 Å². The molecule has 5 heteroatoms. The molecule has 0 N–H and O–H groups in total. The molecule has 0 unspecified atom stereocenters. The molecule has 0 saturated carbocycles. The Bertz CT molecular complexity index is 588. The van der Waals surface area contributed by atoms with Gasteiger partial charge in [0.15, 0.2) is 11.6 Å². The van der Waals surface area contributed by atoms with Gasteiger partial charge < -0.3 is 4.74 Å². The number of benzene rings is 2. The van der Waals surface area contributed by atoms with Crippen molar-refractivity contribution in [2.75, 3.05) is 0 Å². The first-order chi connectivity index (χ1) is 9.40. The topological polar surface area (TPSA) is 9.23 Å². The molecule has 0 aliphatic rings. The van der Waals surface area contributed by atoms with E-state index < -0.39 is 17.6 Å². The van der Waals surface area contributed by atoms with Gasteiger partial charge in [-0.05, 0) is 42.3 Å². The van der Waals surface area contributed by atoms with Crippen LogP contribution in [0.15, 0.2) is 42.5 Å². The number of hydrogen-bond acceptors (Lipinski definition) is 1. The molecule has 0 aliphatic heterocycles. The van der Waals surface area contributed by atoms with Crippen molar-refractivity contribution in [3.05, 3.63) is 59.4 Å². The quantitative estimate of drug-likeness (QED) is 0.704. The van der Waals surface area contributed by atoms with Crippen LogP contribution in [0.3, 0.4) is 0 Å². The summed E-state index contributed by atoms with van der Waals surface area (Å²) in [5.41, 5.74) is 0.0499. The van der Waals surface area contributed by atoms with Crippen LogP contribution in [-0.2, 0) is 12.6 Å². The minimum absolute atomic E-state index is 0.234. The smallest absolute Gasteiger partial charge is 0.416 e. The van der Waals surface area contributed by atoms with Crippen LogP contribution in [0.1, 0.15) is 18.1 Å². The second kappa shape index (κ2) is 5.53. The predicted molar refractivity (Wildman–Crippen MR) is 67.3 cm³/mol. The first-order valence-electron chi connectivity index (χ1n) is 6.03. The molecule has 0 aromatic heterocycles. The van der Waals surface area contributed by atoms with E-state index in [2.05, 4.69) is 0 Å². The number of ether oxygens (including phenoxy) is 1. The van der Waals surface area contributed by atoms with Crippen molar-refractivity contribution in [1.82, 2.24) is 0 Å². The first kappa shape index (κ1) is 14.4. The van der Waals surface area contributed by atoms with Gasteiger partial charge in [0.2, 0.25) is 0 Å². The summed E-state index contributed by atoms with van der Waals surface area (Å²) in [7, 11) is 0. The zero-order chi connectivity index (χ0) is 14.8. The van der Waals surface area contributed by atoms with Crippen LogP contribution < -0.4 is 4.74 Å². The third-order valence-corrected chi connectivity index (χ3v) is 2.82. The van der Waals surface area contributed by atoms with Crippen LogP contribution in [0, 0.1) is 5.82 Å². The third-order valence-electron chi connectivity index (χ3n) is 2.82. The average molecular weight is 284 g/mol. The fraction of sp³-hybridized carbons (Fsp3) is 0.200. The van der Waals surface area contributed by atoms with Gasteiger partial charge in [-0.15, -0.1) is 0 Å². The lowest BCUT2D eigenvalue weighted by atomic mass is 10.2. The Labute approximate surface area is 113 Å². The predicted octanol–water partition coefficient (Wildman–Crippen LogP) is 5.20. The van der Waals surface area contributed by atoms with Gasteiger partial charge in [0.1, 0.15) is 5.75 Å². The Balaban J connectivity index is 2.21. The molecule has 20 heavy (non-hydrogen) atoms. The summed E-state index contributed by atoms with van der Waals surface area (Å²) in [6.45, 7) is 1.99. The molecular formula is C15H12F4O. The van der Waals surface area contributed by atoms with E-state index in [1.165, 1.54) is 0 Å². The van der Waals surface area contributed by atoms with Gasteiger partial charge in [-0.25, -0.2) is 4.39 Å². The Hall–Kier alpha value is -2.04. The molecule has 2 aromatic rings. The molecule has 0 aliphatic carbocycles. The summed E-state index contributed by atoms with van der Waals surface area (Å²) in [4.78, 5) is 0. The van der Waals surface area contributed by atoms with Crippen molar-refractivity contribution < 1.29 is 22.3 Å². The molecule has 0 spiro atoms. The van der Waals surface area contributed by atoms with E-state index >= 15 is 0 Å². The van der Waals surface area contributed by atoms with Crippen molar-refractivity contribution in [3.8, 4) is 11.5 Å². The van der Waals surface area contributed by atoms with E-state index in [0.29, 0.717) is 11.8 Å². The Morgan fingerprint density at radius 1 is 1.00 bits per heavy atom. The average Bonchev–Trinajstić information content (AvgIpc) is 2.41. The van der Waals surface area contributed by atoms with E-state index in [1.807, 2.05) is 19.1 Å². The Morgan fingerprint density at radius 2 is 1.65 bits per heavy atom. The van der Waals surface area contributed by atoms with Crippen LogP contribution in [0.4, 0.5) is 17.6 Å². The van der Waals surface area contributed by atoms with Crippen LogP contribution in [0.25, 0.3) is 0 Å². The number of alkyl halides is 3. The summed E-state index contributed by atoms with van der Waals surface area (Å²) in [6, 6.07) is 9.13. The Kier molecular flexibility index (Phi) is 3.97. The fourth-order valence-corrected chi connectivity index (χ4v) is 1.68. The highest BCUT2D eigenvalue weighted by molar-refractivity contribution is 5.36. The molecule has 1 nitrogen and oxygen atoms in total. The molecule has 106 valence electrons. The second-order valence-electron chi connectivity index (χ2n) is 4.24. The van der Waals surface area contributed by atoms with E-state index in [1.54, 1.807) is 12.1 Å². The number of aryl methyl sites for hydroxylation is 1. The van der Waals surface area contributed by atoms with Crippen molar-refractivity contribution in [1.29, 1.82) is 0 Å². The van der Waals surface area contributed by atoms with E-state index in [4.69, 9.17) is 4.74 Å². The third kappa shape index (κ3) is 3.29. The summed E-state index contributed by atoms with van der Waals surface area (Å²) in [5, 5.41) is 0. The first-order valence-corrected chi connectivity index (χ1v) is 6.03. The molecule has 2 rings (SSSR count). The van der Waals surface area contributed by atoms with Gasteiger partial charge in [-0.1, -0.05) is 19.1 Å². The molecule has 0 heterocycles. The maximum absolute atomic E-state index is 13.6. The maximum atomic E-state index is 13.6. The number of halogens is 4. The van der Waals surface area contributed by atoms with Crippen LogP contribution >= 0.6 is 0 Å². The molecule has 0 radical (unpaired) electrons. The van der Waals surface area contributed by atoms with Crippen molar-refractivity contribution >= 4 is 0 Å². The largest absolute Gasteiger partial charge is 0.454 e. The summed E-state index contributed by atoms with van der Waals surface area (Å²) >= 11 is 0. The van der Waals surface area contributed by atoms with Crippen molar-refractivity contribution in [2.24, 2.45) is 0 Å². The highest BCUT2D eigenvalue weighted by atomic mass is 19.4. The van der Waals surface area contributed by atoms with Gasteiger partial charge in [-0.2, -0.15) is 13.2 Å². The SMILES string of the molecule is CCc1ccc(Oc2ccc(C(F)(F)F)cc2F)cc1. The van der Waals surface area contributed by atoms with Crippen LogP contribution in [0.5, 0.6) is 11.5 Å². The summed E-state index contributed by atoms with van der Waals surface area (Å²) < 4.78 is 56.0. The lowest BCUT2D eigenvalue weighted by molar-refractivity contribution is -0.137. The fourth-order valence-electron chi connectivity index (χ4n) is 1.68. The number of rotatable bonds is 3. The van der Waals surface area contributed by atoms with E-state index in [9.17, 15) is 17.6 Å². The molecule has 0 bridgehead atoms. The standard InChI is InChI=1S/C15H12F4O/c1-2-10-3-6-12(7-4-10)20-14-8-5-11(9-13(14)16)15(17,18)19/h3-9H,2H2,1H3. The summed E-state index contributed by atoms with van der Waals surface area (Å²) in [6.07, 6.45) is -3.71. The van der Waals surface area contributed by atoms with Gasteiger partial charge in [0.05, 0.1) is 5.56 Å². The van der Waals surface area contributed by atoms with Gasteiger partial charge in [0.25, 0.3) is 0 Å². The highest BCUT2D eigenvalue weighted by Crippen LogP contribution is 2.33. The molecule has 0 saturated heterocycles. The maximum Gasteiger partial charge on any atom is 0.416 e. The lowest BCUT2D eigenvalue weighted by Crippen LogP contribution is -2.05. The van der Waals surface area contributed by atoms with E-state index in [0.717, 1.165) is 24.1 Å². The monoisotopic (exact) mass is 284 g/mol. The lowest BCUT2D eigenvalue weighted by Gasteiger charge is -2.10. The molecular weight excluding hydrogens is 272 g/mol. The highest BCUT2D eigenvalue weighted by Gasteiger charge is 2.31. The van der Waals surface area contributed by atoms with Gasteiger partial charge >= 0.3 is 6.18 Å². The zero-order valence-corrected chi connectivity index (χ0v) is 10.7. The minimum Gasteiger partial charge on any atom is -0.454 e. The minimum atomic E-state index is -4.57. The van der Waals surface area contributed by atoms with Crippen molar-refractivity contribution in [2.45, 2.75) is 19.5 Å². The molecule has 0 amide bonds. The molecule has 2 aromatic carbocycles.